The van der Waals surface area contributed by atoms with E-state index in [4.69, 9.17) is 0 Å². The molecular weight excluding hydrogens is 831 g/mol. The molecule has 0 fully saturated rings. The zero-order valence-corrected chi connectivity index (χ0v) is 37.5. The maximum Gasteiger partial charge on any atom is 0.252 e. The summed E-state index contributed by atoms with van der Waals surface area (Å²) in [6.07, 6.45) is 0. The van der Waals surface area contributed by atoms with Crippen molar-refractivity contribution in [2.24, 2.45) is 0 Å². The minimum atomic E-state index is -0.246. The van der Waals surface area contributed by atoms with E-state index in [2.05, 4.69) is 227 Å². The first-order chi connectivity index (χ1) is 33.5. The van der Waals surface area contributed by atoms with Crippen LogP contribution < -0.4 is 26.2 Å². The second kappa shape index (κ2) is 14.7. The second-order valence-corrected chi connectivity index (χ2v) is 18.5. The van der Waals surface area contributed by atoms with Crippen molar-refractivity contribution >= 4 is 101 Å². The lowest BCUT2D eigenvalue weighted by atomic mass is 9.34. The van der Waals surface area contributed by atoms with Gasteiger partial charge in [-0.1, -0.05) is 108 Å². The van der Waals surface area contributed by atoms with Crippen molar-refractivity contribution in [3.05, 3.63) is 235 Å². The van der Waals surface area contributed by atoms with E-state index < -0.39 is 0 Å². The van der Waals surface area contributed by atoms with Gasteiger partial charge in [-0.05, 0) is 163 Å². The molecule has 0 amide bonds. The van der Waals surface area contributed by atoms with E-state index in [0.717, 1.165) is 67.7 Å². The molecule has 10 aromatic carbocycles. The van der Waals surface area contributed by atoms with Crippen molar-refractivity contribution in [2.75, 3.05) is 9.80 Å². The standard InChI is InChI=1S/C62H42BFN4/c1-39-23-29-56-50(31-39)52-35-48(65(44-15-7-3-8-16-44)45-17-9-4-10-18-45)37-54-61(52)67(56)58-33-42(41-25-27-43(64)28-26-41)34-59-60(58)63(54)55-38-49(36-53-51-32-40(2)24-30-57(51)68(59)62(53)55)66(46-19-11-5-12-20-46)47-21-13-6-14-22-47/h3-38H,1-2H3. The van der Waals surface area contributed by atoms with Gasteiger partial charge in [-0.3, -0.25) is 0 Å². The van der Waals surface area contributed by atoms with Crippen LogP contribution in [-0.2, 0) is 0 Å². The van der Waals surface area contributed by atoms with E-state index >= 15 is 0 Å². The van der Waals surface area contributed by atoms with Gasteiger partial charge < -0.3 is 18.9 Å². The number of benzene rings is 10. The summed E-state index contributed by atoms with van der Waals surface area (Å²) in [6, 6.07) is 78.2. The van der Waals surface area contributed by atoms with Crippen LogP contribution >= 0.6 is 0 Å². The fourth-order valence-electron chi connectivity index (χ4n) is 11.5. The van der Waals surface area contributed by atoms with Gasteiger partial charge in [0, 0.05) is 78.1 Å². The summed E-state index contributed by atoms with van der Waals surface area (Å²) in [4.78, 5) is 4.81. The maximum absolute atomic E-state index is 14.6. The smallest absolute Gasteiger partial charge is 0.252 e. The van der Waals surface area contributed by atoms with Crippen molar-refractivity contribution in [1.29, 1.82) is 0 Å². The normalized spacial score (nSPS) is 12.3. The van der Waals surface area contributed by atoms with Crippen molar-refractivity contribution < 1.29 is 4.39 Å². The topological polar surface area (TPSA) is 16.3 Å². The first kappa shape index (κ1) is 38.6. The van der Waals surface area contributed by atoms with E-state index in [9.17, 15) is 4.39 Å². The number of halogens is 1. The second-order valence-electron chi connectivity index (χ2n) is 18.5. The number of hydrogen-bond acceptors (Lipinski definition) is 2. The Bertz CT molecular complexity index is 3680. The number of para-hydroxylation sites is 4. The third-order valence-electron chi connectivity index (χ3n) is 14.3. The first-order valence-corrected chi connectivity index (χ1v) is 23.4. The molecule has 0 radical (unpaired) electrons. The third-order valence-corrected chi connectivity index (χ3v) is 14.3. The van der Waals surface area contributed by atoms with Gasteiger partial charge in [-0.15, -0.1) is 0 Å². The number of rotatable bonds is 7. The van der Waals surface area contributed by atoms with Gasteiger partial charge in [0.2, 0.25) is 0 Å². The fourth-order valence-corrected chi connectivity index (χ4v) is 11.5. The average molecular weight is 873 g/mol. The summed E-state index contributed by atoms with van der Waals surface area (Å²) in [6.45, 7) is 4.22. The van der Waals surface area contributed by atoms with Gasteiger partial charge in [-0.25, -0.2) is 4.39 Å². The highest BCUT2D eigenvalue weighted by atomic mass is 19.1. The minimum Gasteiger partial charge on any atom is -0.311 e. The molecule has 0 saturated heterocycles. The molecule has 0 saturated carbocycles. The number of aromatic nitrogens is 2. The van der Waals surface area contributed by atoms with Gasteiger partial charge >= 0.3 is 0 Å². The zero-order chi connectivity index (χ0) is 45.2. The predicted octanol–water partition coefficient (Wildman–Crippen LogP) is 14.4. The van der Waals surface area contributed by atoms with Crippen LogP contribution in [0.2, 0.25) is 0 Å². The fraction of sp³-hybridized carbons (Fsp3) is 0.0323. The monoisotopic (exact) mass is 872 g/mol. The van der Waals surface area contributed by atoms with Gasteiger partial charge in [0.1, 0.15) is 5.82 Å². The zero-order valence-electron chi connectivity index (χ0n) is 37.5. The summed E-state index contributed by atoms with van der Waals surface area (Å²) in [5.41, 5.74) is 21.8. The van der Waals surface area contributed by atoms with Gasteiger partial charge in [-0.2, -0.15) is 0 Å². The molecule has 0 atom stereocenters. The van der Waals surface area contributed by atoms with E-state index in [1.54, 1.807) is 12.1 Å². The molecule has 0 N–H and O–H groups in total. The van der Waals surface area contributed by atoms with Crippen LogP contribution in [-0.4, -0.2) is 15.8 Å². The van der Waals surface area contributed by atoms with Crippen molar-refractivity contribution in [1.82, 2.24) is 9.13 Å². The van der Waals surface area contributed by atoms with Gasteiger partial charge in [0.15, 0.2) is 0 Å². The molecule has 14 rings (SSSR count). The molecule has 4 nitrogen and oxygen atoms in total. The number of fused-ring (bicyclic) bond motifs is 10. The van der Waals surface area contributed by atoms with Crippen LogP contribution in [0.5, 0.6) is 0 Å². The number of hydrogen-bond donors (Lipinski definition) is 0. The van der Waals surface area contributed by atoms with Crippen LogP contribution in [0.3, 0.4) is 0 Å². The summed E-state index contributed by atoms with van der Waals surface area (Å²) >= 11 is 0. The number of nitrogens with zero attached hydrogens (tertiary/aromatic N) is 4. The Kier molecular flexibility index (Phi) is 8.35. The minimum absolute atomic E-state index is 0.162. The summed E-state index contributed by atoms with van der Waals surface area (Å²) in [5, 5.41) is 4.83. The molecule has 0 aliphatic carbocycles. The van der Waals surface area contributed by atoms with Crippen LogP contribution in [0.4, 0.5) is 38.5 Å². The molecule has 320 valence electrons. The van der Waals surface area contributed by atoms with Crippen molar-refractivity contribution in [2.45, 2.75) is 13.8 Å². The highest BCUT2D eigenvalue weighted by Crippen LogP contribution is 2.46. The molecule has 0 unspecified atom stereocenters. The molecule has 6 heteroatoms. The molecule has 0 spiro atoms. The van der Waals surface area contributed by atoms with Crippen LogP contribution in [0.15, 0.2) is 218 Å². The van der Waals surface area contributed by atoms with Gasteiger partial charge in [0.05, 0.1) is 11.0 Å². The molecule has 0 bridgehead atoms. The lowest BCUT2D eigenvalue weighted by Gasteiger charge is -2.36. The van der Waals surface area contributed by atoms with Crippen molar-refractivity contribution in [3.8, 4) is 22.5 Å². The predicted molar refractivity (Wildman–Crippen MR) is 284 cm³/mol. The number of anilines is 6. The van der Waals surface area contributed by atoms with E-state index in [1.807, 2.05) is 12.1 Å². The largest absolute Gasteiger partial charge is 0.311 e. The molecule has 2 aliphatic heterocycles. The van der Waals surface area contributed by atoms with Gasteiger partial charge in [0.25, 0.3) is 6.71 Å². The van der Waals surface area contributed by atoms with Crippen LogP contribution in [0.25, 0.3) is 66.1 Å². The molecular formula is C62H42BFN4. The Morgan fingerprint density at radius 1 is 0.368 bits per heavy atom. The Morgan fingerprint density at radius 3 is 1.16 bits per heavy atom. The highest BCUT2D eigenvalue weighted by Gasteiger charge is 2.42. The Hall–Kier alpha value is -8.61. The van der Waals surface area contributed by atoms with Crippen LogP contribution in [0.1, 0.15) is 11.1 Å². The van der Waals surface area contributed by atoms with E-state index in [0.29, 0.717) is 0 Å². The summed E-state index contributed by atoms with van der Waals surface area (Å²) < 4.78 is 19.7. The Labute approximate surface area is 394 Å². The first-order valence-electron chi connectivity index (χ1n) is 23.4. The summed E-state index contributed by atoms with van der Waals surface area (Å²) in [7, 11) is 0. The SMILES string of the molecule is Cc1ccc2c(c1)c1cc(N(c3ccccc3)c3ccccc3)cc3c1n2-c1cc(-c2ccc(F)cc2)cc2c1B3c1cc(N(c3ccccc3)c3ccccc3)cc3c4cc(C)ccc4n-2c13. The molecule has 2 aromatic heterocycles. The molecule has 2 aliphatic rings. The average Bonchev–Trinajstić information content (AvgIpc) is 3.88. The van der Waals surface area contributed by atoms with Crippen LogP contribution in [0, 0.1) is 19.7 Å². The lowest BCUT2D eigenvalue weighted by Crippen LogP contribution is -2.59. The molecule has 4 heterocycles. The molecule has 68 heavy (non-hydrogen) atoms. The van der Waals surface area contributed by atoms with E-state index in [-0.39, 0.29) is 12.5 Å². The maximum atomic E-state index is 14.6. The Balaban J connectivity index is 1.17. The summed E-state index contributed by atoms with van der Waals surface area (Å²) in [5.74, 6) is -0.246. The Morgan fingerprint density at radius 2 is 0.765 bits per heavy atom. The quantitative estimate of drug-likeness (QED) is 0.148. The third kappa shape index (κ3) is 5.67. The lowest BCUT2D eigenvalue weighted by molar-refractivity contribution is 0.628. The van der Waals surface area contributed by atoms with Crippen molar-refractivity contribution in [3.63, 3.8) is 0 Å². The molecule has 12 aromatic rings. The van der Waals surface area contributed by atoms with E-state index in [1.165, 1.54) is 60.1 Å². The number of aryl methyl sites for hydroxylation is 2. The highest BCUT2D eigenvalue weighted by molar-refractivity contribution is 7.00.